The summed E-state index contributed by atoms with van der Waals surface area (Å²) in [6, 6.07) is -0.729. The normalized spacial score (nSPS) is 21.3. The van der Waals surface area contributed by atoms with Crippen LogP contribution < -0.4 is 10.6 Å². The number of aryl methyl sites for hydroxylation is 1. The first-order valence-corrected chi connectivity index (χ1v) is 7.98. The largest absolute Gasteiger partial charge is 0.334 e. The van der Waals surface area contributed by atoms with Gasteiger partial charge in [-0.25, -0.2) is 13.2 Å². The SMILES string of the molecule is Cn1cc(Cl)c(CNC(=O)NC2CCS(=O)(=O)C2)n1. The fraction of sp³-hybridized carbons (Fsp3) is 0.600. The van der Waals surface area contributed by atoms with Crippen LogP contribution in [0.5, 0.6) is 0 Å². The van der Waals surface area contributed by atoms with E-state index in [0.29, 0.717) is 17.1 Å². The molecule has 2 amide bonds. The summed E-state index contributed by atoms with van der Waals surface area (Å²) in [7, 11) is -1.26. The Bertz CT molecular complexity index is 584. The van der Waals surface area contributed by atoms with Crippen LogP contribution in [0, 0.1) is 0 Å². The van der Waals surface area contributed by atoms with Gasteiger partial charge in [0, 0.05) is 19.3 Å². The maximum Gasteiger partial charge on any atom is 0.315 e. The average Bonchev–Trinajstić information content (AvgIpc) is 2.78. The van der Waals surface area contributed by atoms with Crippen molar-refractivity contribution in [2.24, 2.45) is 7.05 Å². The third kappa shape index (κ3) is 3.84. The lowest BCUT2D eigenvalue weighted by Crippen LogP contribution is -2.42. The zero-order chi connectivity index (χ0) is 14.0. The van der Waals surface area contributed by atoms with E-state index in [1.54, 1.807) is 17.9 Å². The lowest BCUT2D eigenvalue weighted by atomic mass is 10.3. The second kappa shape index (κ2) is 5.38. The number of rotatable bonds is 3. The second-order valence-corrected chi connectivity index (χ2v) is 7.16. The number of carbonyl (C=O) groups is 1. The number of nitrogens with zero attached hydrogens (tertiary/aromatic N) is 2. The van der Waals surface area contributed by atoms with Crippen molar-refractivity contribution in [2.45, 2.75) is 19.0 Å². The van der Waals surface area contributed by atoms with E-state index in [2.05, 4.69) is 15.7 Å². The molecule has 106 valence electrons. The Balaban J connectivity index is 1.81. The number of hydrogen-bond donors (Lipinski definition) is 2. The highest BCUT2D eigenvalue weighted by molar-refractivity contribution is 7.91. The number of carbonyl (C=O) groups excluding carboxylic acids is 1. The van der Waals surface area contributed by atoms with Crippen LogP contribution in [0.1, 0.15) is 12.1 Å². The van der Waals surface area contributed by atoms with Crippen molar-refractivity contribution in [3.8, 4) is 0 Å². The highest BCUT2D eigenvalue weighted by Gasteiger charge is 2.28. The molecular formula is C10H15ClN4O3S. The molecule has 0 aromatic carbocycles. The first kappa shape index (κ1) is 14.1. The molecule has 0 radical (unpaired) electrons. The van der Waals surface area contributed by atoms with Crippen LogP contribution >= 0.6 is 11.6 Å². The number of urea groups is 1. The quantitative estimate of drug-likeness (QED) is 0.826. The van der Waals surface area contributed by atoms with E-state index in [1.807, 2.05) is 0 Å². The lowest BCUT2D eigenvalue weighted by molar-refractivity contribution is 0.237. The summed E-state index contributed by atoms with van der Waals surface area (Å²) in [5.74, 6) is 0.134. The molecule has 1 aliphatic rings. The Morgan fingerprint density at radius 2 is 2.37 bits per heavy atom. The second-order valence-electron chi connectivity index (χ2n) is 4.52. The number of nitrogens with one attached hydrogen (secondary N) is 2. The standard InChI is InChI=1S/C10H15ClN4O3S/c1-15-5-8(11)9(14-15)4-12-10(16)13-7-2-3-19(17,18)6-7/h5,7H,2-4,6H2,1H3,(H2,12,13,16). The maximum absolute atomic E-state index is 11.6. The van der Waals surface area contributed by atoms with Gasteiger partial charge in [0.25, 0.3) is 0 Å². The van der Waals surface area contributed by atoms with E-state index >= 15 is 0 Å². The smallest absolute Gasteiger partial charge is 0.315 e. The molecule has 0 bridgehead atoms. The van der Waals surface area contributed by atoms with Gasteiger partial charge in [-0.2, -0.15) is 5.10 Å². The summed E-state index contributed by atoms with van der Waals surface area (Å²) in [4.78, 5) is 11.6. The van der Waals surface area contributed by atoms with Crippen LogP contribution in [0.3, 0.4) is 0 Å². The van der Waals surface area contributed by atoms with Gasteiger partial charge in [-0.1, -0.05) is 11.6 Å². The molecule has 1 fully saturated rings. The molecule has 7 nitrogen and oxygen atoms in total. The van der Waals surface area contributed by atoms with E-state index in [-0.39, 0.29) is 24.1 Å². The topological polar surface area (TPSA) is 93.1 Å². The summed E-state index contributed by atoms with van der Waals surface area (Å²) in [6.45, 7) is 0.199. The summed E-state index contributed by atoms with van der Waals surface area (Å²) >= 11 is 5.90. The van der Waals surface area contributed by atoms with Gasteiger partial charge in [-0.15, -0.1) is 0 Å². The lowest BCUT2D eigenvalue weighted by Gasteiger charge is -2.11. The molecule has 1 saturated heterocycles. The molecule has 2 N–H and O–H groups in total. The molecule has 1 aromatic rings. The fourth-order valence-corrected chi connectivity index (χ4v) is 3.85. The van der Waals surface area contributed by atoms with Crippen molar-refractivity contribution in [1.29, 1.82) is 0 Å². The molecule has 0 aliphatic carbocycles. The van der Waals surface area contributed by atoms with Gasteiger partial charge >= 0.3 is 6.03 Å². The first-order chi connectivity index (χ1) is 8.85. The van der Waals surface area contributed by atoms with Crippen molar-refractivity contribution >= 4 is 27.5 Å². The zero-order valence-corrected chi connectivity index (χ0v) is 12.0. The van der Waals surface area contributed by atoms with Crippen LogP contribution in [0.2, 0.25) is 5.02 Å². The molecule has 1 unspecified atom stereocenters. The Kier molecular flexibility index (Phi) is 4.00. The molecule has 0 saturated carbocycles. The Labute approximate surface area is 116 Å². The van der Waals surface area contributed by atoms with Gasteiger partial charge < -0.3 is 10.6 Å². The molecule has 1 atom stereocenters. The van der Waals surface area contributed by atoms with Crippen molar-refractivity contribution in [1.82, 2.24) is 20.4 Å². The monoisotopic (exact) mass is 306 g/mol. The van der Waals surface area contributed by atoms with E-state index in [9.17, 15) is 13.2 Å². The molecule has 9 heteroatoms. The molecule has 2 rings (SSSR count). The first-order valence-electron chi connectivity index (χ1n) is 5.78. The molecule has 1 aromatic heterocycles. The van der Waals surface area contributed by atoms with Crippen LogP contribution in [0.4, 0.5) is 4.79 Å². The highest BCUT2D eigenvalue weighted by atomic mass is 35.5. The minimum atomic E-state index is -2.99. The van der Waals surface area contributed by atoms with Crippen LogP contribution in [-0.4, -0.2) is 41.8 Å². The fourth-order valence-electron chi connectivity index (χ4n) is 1.93. The molecule has 2 heterocycles. The van der Waals surface area contributed by atoms with Crippen LogP contribution in [-0.2, 0) is 23.4 Å². The van der Waals surface area contributed by atoms with Crippen molar-refractivity contribution in [3.63, 3.8) is 0 Å². The predicted octanol–water partition coefficient (Wildman–Crippen LogP) is 0.0598. The minimum Gasteiger partial charge on any atom is -0.334 e. The van der Waals surface area contributed by atoms with E-state index in [4.69, 9.17) is 11.6 Å². The number of sulfone groups is 1. The van der Waals surface area contributed by atoms with Crippen LogP contribution in [0.15, 0.2) is 6.20 Å². The van der Waals surface area contributed by atoms with Crippen LogP contribution in [0.25, 0.3) is 0 Å². The van der Waals surface area contributed by atoms with Crippen molar-refractivity contribution in [3.05, 3.63) is 16.9 Å². The Hall–Kier alpha value is -1.28. The van der Waals surface area contributed by atoms with Gasteiger partial charge in [0.15, 0.2) is 9.84 Å². The third-order valence-electron chi connectivity index (χ3n) is 2.84. The molecule has 1 aliphatic heterocycles. The summed E-state index contributed by atoms with van der Waals surface area (Å²) in [6.07, 6.45) is 2.10. The van der Waals surface area contributed by atoms with Crippen molar-refractivity contribution in [2.75, 3.05) is 11.5 Å². The number of hydrogen-bond acceptors (Lipinski definition) is 4. The van der Waals surface area contributed by atoms with E-state index < -0.39 is 15.9 Å². The summed E-state index contributed by atoms with van der Waals surface area (Å²) in [5, 5.41) is 9.79. The van der Waals surface area contributed by atoms with E-state index in [0.717, 1.165) is 0 Å². The third-order valence-corrected chi connectivity index (χ3v) is 4.92. The number of halogens is 1. The maximum atomic E-state index is 11.6. The van der Waals surface area contributed by atoms with Gasteiger partial charge in [-0.3, -0.25) is 4.68 Å². The highest BCUT2D eigenvalue weighted by Crippen LogP contribution is 2.13. The molecule has 19 heavy (non-hydrogen) atoms. The number of aromatic nitrogens is 2. The van der Waals surface area contributed by atoms with Gasteiger partial charge in [-0.05, 0) is 6.42 Å². The minimum absolute atomic E-state index is 0.00473. The average molecular weight is 307 g/mol. The molecular weight excluding hydrogens is 292 g/mol. The Morgan fingerprint density at radius 1 is 1.63 bits per heavy atom. The summed E-state index contributed by atoms with van der Waals surface area (Å²) in [5.41, 5.74) is 0.568. The van der Waals surface area contributed by atoms with E-state index in [1.165, 1.54) is 0 Å². The van der Waals surface area contributed by atoms with Gasteiger partial charge in [0.2, 0.25) is 0 Å². The van der Waals surface area contributed by atoms with Gasteiger partial charge in [0.1, 0.15) is 5.69 Å². The Morgan fingerprint density at radius 3 is 2.89 bits per heavy atom. The summed E-state index contributed by atoms with van der Waals surface area (Å²) < 4.78 is 24.1. The molecule has 0 spiro atoms. The zero-order valence-electron chi connectivity index (χ0n) is 10.4. The van der Waals surface area contributed by atoms with Crippen molar-refractivity contribution < 1.29 is 13.2 Å². The predicted molar refractivity (Wildman–Crippen MR) is 70.6 cm³/mol. The van der Waals surface area contributed by atoms with Gasteiger partial charge in [0.05, 0.1) is 23.1 Å². The number of amides is 2.